The van der Waals surface area contributed by atoms with Gasteiger partial charge in [0.15, 0.2) is 0 Å². The SMILES string of the molecule is CCOC(=O)[C@@H](NC(=O)OCc1ccccc1)[C@H](CCOS(=O)(=O)c1ccc(C)cc1)N[S@@](=O)C(C)(C)C. The van der Waals surface area contributed by atoms with E-state index in [1.807, 2.05) is 13.0 Å². The number of benzene rings is 2. The van der Waals surface area contributed by atoms with Crippen molar-refractivity contribution in [2.75, 3.05) is 13.2 Å². The van der Waals surface area contributed by atoms with E-state index in [1.54, 1.807) is 64.1 Å². The lowest BCUT2D eigenvalue weighted by Gasteiger charge is -2.29. The van der Waals surface area contributed by atoms with Gasteiger partial charge in [-0.05, 0) is 58.7 Å². The topological polar surface area (TPSA) is 137 Å². The summed E-state index contributed by atoms with van der Waals surface area (Å²) < 4.78 is 55.9. The number of aryl methyl sites for hydroxylation is 1. The molecule has 12 heteroatoms. The first kappa shape index (κ1) is 31.4. The number of hydrogen-bond donors (Lipinski definition) is 2. The normalized spacial score (nSPS) is 14.2. The fourth-order valence-corrected chi connectivity index (χ4v) is 4.92. The van der Waals surface area contributed by atoms with Gasteiger partial charge in [-0.2, -0.15) is 8.42 Å². The maximum Gasteiger partial charge on any atom is 0.408 e. The molecule has 0 spiro atoms. The molecule has 38 heavy (non-hydrogen) atoms. The second kappa shape index (κ2) is 14.4. The van der Waals surface area contributed by atoms with Gasteiger partial charge in [0.05, 0.1) is 39.9 Å². The summed E-state index contributed by atoms with van der Waals surface area (Å²) in [6.45, 7) is 8.26. The average molecular weight is 569 g/mol. The van der Waals surface area contributed by atoms with Crippen molar-refractivity contribution in [1.29, 1.82) is 0 Å². The highest BCUT2D eigenvalue weighted by molar-refractivity contribution is 7.86. The van der Waals surface area contributed by atoms with Gasteiger partial charge in [-0.3, -0.25) is 4.18 Å². The smallest absolute Gasteiger partial charge is 0.408 e. The second-order valence-electron chi connectivity index (χ2n) is 9.42. The third-order valence-corrected chi connectivity index (χ3v) is 8.18. The number of hydrogen-bond acceptors (Lipinski definition) is 8. The highest BCUT2D eigenvalue weighted by Crippen LogP contribution is 2.16. The predicted octanol–water partition coefficient (Wildman–Crippen LogP) is 3.37. The van der Waals surface area contributed by atoms with Crippen molar-refractivity contribution >= 4 is 33.2 Å². The molecule has 0 radical (unpaired) electrons. The van der Waals surface area contributed by atoms with E-state index in [2.05, 4.69) is 10.0 Å². The van der Waals surface area contributed by atoms with E-state index in [4.69, 9.17) is 13.7 Å². The van der Waals surface area contributed by atoms with Crippen molar-refractivity contribution in [3.63, 3.8) is 0 Å². The van der Waals surface area contributed by atoms with Gasteiger partial charge in [0.2, 0.25) is 0 Å². The van der Waals surface area contributed by atoms with Crippen molar-refractivity contribution in [3.8, 4) is 0 Å². The lowest BCUT2D eigenvalue weighted by molar-refractivity contribution is -0.146. The standard InChI is InChI=1S/C26H36N2O8S2/c1-6-34-24(29)23(27-25(30)35-18-20-10-8-7-9-11-20)22(28-37(31)26(3,4)5)16-17-36-38(32,33)21-14-12-19(2)13-15-21/h7-15,22-23,28H,6,16-18H2,1-5H3,(H,27,30)/t22-,23-,37-/m0/s1. The molecule has 10 nitrogen and oxygen atoms in total. The molecule has 0 saturated carbocycles. The van der Waals surface area contributed by atoms with Crippen LogP contribution in [0.5, 0.6) is 0 Å². The Hall–Kier alpha value is -2.80. The van der Waals surface area contributed by atoms with Gasteiger partial charge in [0.25, 0.3) is 10.1 Å². The highest BCUT2D eigenvalue weighted by atomic mass is 32.2. The molecule has 0 aliphatic heterocycles. The van der Waals surface area contributed by atoms with E-state index in [-0.39, 0.29) is 31.1 Å². The van der Waals surface area contributed by atoms with Crippen molar-refractivity contribution in [2.45, 2.75) is 69.4 Å². The first-order valence-electron chi connectivity index (χ1n) is 12.1. The number of amides is 1. The fraction of sp³-hybridized carbons (Fsp3) is 0.462. The summed E-state index contributed by atoms with van der Waals surface area (Å²) in [5.41, 5.74) is 1.63. The van der Waals surface area contributed by atoms with Crippen LogP contribution in [0.15, 0.2) is 59.5 Å². The summed E-state index contributed by atoms with van der Waals surface area (Å²) >= 11 is 0. The first-order valence-corrected chi connectivity index (χ1v) is 14.7. The molecule has 2 aromatic rings. The van der Waals surface area contributed by atoms with Gasteiger partial charge >= 0.3 is 12.1 Å². The van der Waals surface area contributed by atoms with Gasteiger partial charge in [-0.15, -0.1) is 0 Å². The summed E-state index contributed by atoms with van der Waals surface area (Å²) in [7, 11) is -5.75. The van der Waals surface area contributed by atoms with E-state index in [0.717, 1.165) is 11.1 Å². The van der Waals surface area contributed by atoms with Crippen LogP contribution in [0.4, 0.5) is 4.79 Å². The minimum atomic E-state index is -4.08. The zero-order chi connectivity index (χ0) is 28.3. The van der Waals surface area contributed by atoms with E-state index in [9.17, 15) is 22.2 Å². The minimum Gasteiger partial charge on any atom is -0.464 e. The molecule has 210 valence electrons. The maximum atomic E-state index is 12.9. The van der Waals surface area contributed by atoms with Crippen LogP contribution in [0.1, 0.15) is 45.2 Å². The molecule has 3 atom stereocenters. The second-order valence-corrected chi connectivity index (χ2v) is 13.0. The van der Waals surface area contributed by atoms with Gasteiger partial charge < -0.3 is 14.8 Å². The molecule has 0 aromatic heterocycles. The summed E-state index contributed by atoms with van der Waals surface area (Å²) in [5, 5.41) is 2.48. The molecule has 2 aromatic carbocycles. The Morgan fingerprint density at radius 1 is 1.00 bits per heavy atom. The number of nitrogens with one attached hydrogen (secondary N) is 2. The Morgan fingerprint density at radius 2 is 1.63 bits per heavy atom. The highest BCUT2D eigenvalue weighted by Gasteiger charge is 2.35. The molecular weight excluding hydrogens is 532 g/mol. The molecule has 0 heterocycles. The van der Waals surface area contributed by atoms with Crippen LogP contribution in [0.2, 0.25) is 0 Å². The Labute approximate surface area is 227 Å². The molecule has 0 bridgehead atoms. The molecule has 0 aliphatic rings. The van der Waals surface area contributed by atoms with Crippen molar-refractivity contribution in [2.24, 2.45) is 0 Å². The molecule has 0 unspecified atom stereocenters. The Kier molecular flexibility index (Phi) is 11.9. The van der Waals surface area contributed by atoms with Gasteiger partial charge in [-0.1, -0.05) is 48.0 Å². The zero-order valence-corrected chi connectivity index (χ0v) is 23.9. The van der Waals surface area contributed by atoms with E-state index >= 15 is 0 Å². The monoisotopic (exact) mass is 568 g/mol. The Balaban J connectivity index is 2.20. The van der Waals surface area contributed by atoms with Gasteiger partial charge in [0, 0.05) is 0 Å². The minimum absolute atomic E-state index is 0.0181. The maximum absolute atomic E-state index is 12.9. The third kappa shape index (κ3) is 10.2. The summed E-state index contributed by atoms with van der Waals surface area (Å²) in [6.07, 6.45) is -0.997. The largest absolute Gasteiger partial charge is 0.464 e. The fourth-order valence-electron chi connectivity index (χ4n) is 3.11. The summed E-state index contributed by atoms with van der Waals surface area (Å²) in [4.78, 5) is 25.4. The number of carbonyl (C=O) groups excluding carboxylic acids is 2. The number of ether oxygens (including phenoxy) is 2. The predicted molar refractivity (Wildman–Crippen MR) is 144 cm³/mol. The molecular formula is C26H36N2O8S2. The zero-order valence-electron chi connectivity index (χ0n) is 22.3. The summed E-state index contributed by atoms with van der Waals surface area (Å²) in [5.74, 6) is -0.797. The first-order chi connectivity index (χ1) is 17.8. The molecule has 0 saturated heterocycles. The molecule has 0 fully saturated rings. The molecule has 2 N–H and O–H groups in total. The van der Waals surface area contributed by atoms with Gasteiger partial charge in [-0.25, -0.2) is 18.5 Å². The number of esters is 1. The van der Waals surface area contributed by atoms with Crippen LogP contribution in [-0.2, 0) is 46.2 Å². The molecule has 1 amide bonds. The third-order valence-electron chi connectivity index (χ3n) is 5.22. The van der Waals surface area contributed by atoms with Crippen molar-refractivity contribution in [1.82, 2.24) is 10.0 Å². The Morgan fingerprint density at radius 3 is 2.21 bits per heavy atom. The quantitative estimate of drug-likeness (QED) is 0.277. The molecule has 2 rings (SSSR count). The van der Waals surface area contributed by atoms with Crippen LogP contribution < -0.4 is 10.0 Å². The van der Waals surface area contributed by atoms with Crippen LogP contribution in [-0.4, -0.2) is 54.7 Å². The molecule has 0 aliphatic carbocycles. The number of alkyl carbamates (subject to hydrolysis) is 1. The average Bonchev–Trinajstić information content (AvgIpc) is 2.85. The lowest BCUT2D eigenvalue weighted by Crippen LogP contribution is -2.57. The number of carbonyl (C=O) groups is 2. The van der Waals surface area contributed by atoms with E-state index in [1.165, 1.54) is 12.1 Å². The van der Waals surface area contributed by atoms with E-state index in [0.29, 0.717) is 0 Å². The Bertz CT molecular complexity index is 1180. The van der Waals surface area contributed by atoms with Crippen molar-refractivity contribution in [3.05, 3.63) is 65.7 Å². The number of rotatable bonds is 13. The van der Waals surface area contributed by atoms with Crippen LogP contribution in [0.25, 0.3) is 0 Å². The van der Waals surface area contributed by atoms with E-state index < -0.39 is 50.0 Å². The van der Waals surface area contributed by atoms with Crippen LogP contribution in [0.3, 0.4) is 0 Å². The summed E-state index contributed by atoms with van der Waals surface area (Å²) in [6, 6.07) is 12.8. The lowest BCUT2D eigenvalue weighted by atomic mass is 10.1. The van der Waals surface area contributed by atoms with Crippen LogP contribution in [0, 0.1) is 6.92 Å². The van der Waals surface area contributed by atoms with Crippen molar-refractivity contribution < 1.29 is 35.9 Å². The van der Waals surface area contributed by atoms with Gasteiger partial charge in [0.1, 0.15) is 12.6 Å². The van der Waals surface area contributed by atoms with Crippen LogP contribution >= 0.6 is 0 Å².